The van der Waals surface area contributed by atoms with Crippen LogP contribution in [0.5, 0.6) is 5.75 Å². The number of nitrogens with one attached hydrogen (secondary N) is 1. The fourth-order valence-electron chi connectivity index (χ4n) is 6.29. The zero-order valence-corrected chi connectivity index (χ0v) is 20.6. The van der Waals surface area contributed by atoms with E-state index in [-0.39, 0.29) is 24.3 Å². The zero-order valence-electron chi connectivity index (χ0n) is 20.6. The van der Waals surface area contributed by atoms with E-state index in [9.17, 15) is 29.1 Å². The lowest BCUT2D eigenvalue weighted by Gasteiger charge is -2.44. The number of fused-ring (bicyclic) bond motifs is 3. The molecule has 5 rings (SSSR count). The number of hydrogen-bond acceptors (Lipinski definition) is 9. The van der Waals surface area contributed by atoms with E-state index in [0.717, 1.165) is 11.4 Å². The highest BCUT2D eigenvalue weighted by atomic mass is 16.3. The molecule has 1 heterocycles. The number of benzene rings is 1. The summed E-state index contributed by atoms with van der Waals surface area (Å²) in [6, 6.07) is 5.42. The van der Waals surface area contributed by atoms with E-state index in [0.29, 0.717) is 24.0 Å². The lowest BCUT2D eigenvalue weighted by Crippen LogP contribution is -2.56. The van der Waals surface area contributed by atoms with Gasteiger partial charge >= 0.3 is 0 Å². The van der Waals surface area contributed by atoms with Crippen LogP contribution >= 0.6 is 0 Å². The van der Waals surface area contributed by atoms with Crippen LogP contribution < -0.4 is 16.0 Å². The molecule has 192 valence electrons. The maximum atomic E-state index is 13.8. The molecule has 3 aliphatic rings. The quantitative estimate of drug-likeness (QED) is 0.510. The van der Waals surface area contributed by atoms with Crippen molar-refractivity contribution < 1.29 is 29.1 Å². The molecular weight excluding hydrogens is 476 g/mol. The molecule has 0 saturated heterocycles. The third-order valence-corrected chi connectivity index (χ3v) is 7.91. The number of nitrogens with zero attached hydrogens (tertiary/aromatic N) is 2. The predicted molar refractivity (Wildman–Crippen MR) is 133 cm³/mol. The molecule has 10 heteroatoms. The van der Waals surface area contributed by atoms with Crippen LogP contribution in [0.2, 0.25) is 0 Å². The summed E-state index contributed by atoms with van der Waals surface area (Å²) in [5.41, 5.74) is 7.99. The fourth-order valence-corrected chi connectivity index (χ4v) is 6.29. The first-order chi connectivity index (χ1) is 17.6. The number of anilines is 2. The van der Waals surface area contributed by atoms with Crippen molar-refractivity contribution in [2.75, 3.05) is 24.3 Å². The van der Waals surface area contributed by atoms with Gasteiger partial charge in [0, 0.05) is 50.7 Å². The smallest absolute Gasteiger partial charge is 0.235 e. The Hall–Kier alpha value is -4.08. The van der Waals surface area contributed by atoms with E-state index in [1.807, 2.05) is 31.1 Å². The molecule has 0 aliphatic heterocycles. The van der Waals surface area contributed by atoms with Gasteiger partial charge in [-0.05, 0) is 48.4 Å². The Morgan fingerprint density at radius 3 is 2.51 bits per heavy atom. The van der Waals surface area contributed by atoms with Crippen molar-refractivity contribution in [2.45, 2.75) is 25.8 Å². The third-order valence-electron chi connectivity index (χ3n) is 7.91. The monoisotopic (exact) mass is 504 g/mol. The first-order valence-electron chi connectivity index (χ1n) is 12.2. The van der Waals surface area contributed by atoms with Crippen molar-refractivity contribution >= 4 is 40.4 Å². The van der Waals surface area contributed by atoms with E-state index in [2.05, 4.69) is 10.3 Å². The second-order valence-corrected chi connectivity index (χ2v) is 10.3. The summed E-state index contributed by atoms with van der Waals surface area (Å²) in [6.45, 7) is 0.215. The fraction of sp³-hybridized carbons (Fsp3) is 0.407. The first-order valence-corrected chi connectivity index (χ1v) is 12.2. The van der Waals surface area contributed by atoms with Gasteiger partial charge in [0.2, 0.25) is 5.91 Å². The number of aromatic nitrogens is 1. The van der Waals surface area contributed by atoms with Gasteiger partial charge in [-0.3, -0.25) is 29.0 Å². The highest BCUT2D eigenvalue weighted by Crippen LogP contribution is 2.50. The highest BCUT2D eigenvalue weighted by Gasteiger charge is 2.57. The minimum atomic E-state index is -1.65. The minimum Gasteiger partial charge on any atom is -0.507 e. The maximum absolute atomic E-state index is 13.8. The van der Waals surface area contributed by atoms with E-state index < -0.39 is 58.6 Å². The van der Waals surface area contributed by atoms with Gasteiger partial charge in [-0.15, -0.1) is 0 Å². The lowest BCUT2D eigenvalue weighted by molar-refractivity contribution is -0.152. The second-order valence-electron chi connectivity index (χ2n) is 10.3. The van der Waals surface area contributed by atoms with Gasteiger partial charge in [-0.2, -0.15) is 0 Å². The Labute approximate surface area is 213 Å². The Kier molecular flexibility index (Phi) is 6.05. The zero-order chi connectivity index (χ0) is 26.6. The van der Waals surface area contributed by atoms with E-state index >= 15 is 0 Å². The van der Waals surface area contributed by atoms with E-state index in [1.54, 1.807) is 18.5 Å². The number of aromatic hydroxyl groups is 1. The summed E-state index contributed by atoms with van der Waals surface area (Å²) in [6.07, 6.45) is 3.86. The average Bonchev–Trinajstić information content (AvgIpc) is 2.83. The molecule has 0 radical (unpaired) electrons. The normalized spacial score (nSPS) is 26.7. The van der Waals surface area contributed by atoms with Crippen molar-refractivity contribution in [3.63, 3.8) is 0 Å². The average molecular weight is 505 g/mol. The maximum Gasteiger partial charge on any atom is 0.235 e. The van der Waals surface area contributed by atoms with E-state index in [4.69, 9.17) is 5.73 Å². The van der Waals surface area contributed by atoms with Crippen LogP contribution in [0.4, 0.5) is 11.4 Å². The van der Waals surface area contributed by atoms with Gasteiger partial charge in [0.05, 0.1) is 23.1 Å². The van der Waals surface area contributed by atoms with Gasteiger partial charge in [0.25, 0.3) is 0 Å². The number of Topliss-reactive ketones (excluding diaryl/α,β-unsaturated/α-hetero) is 4. The molecule has 1 aromatic carbocycles. The Morgan fingerprint density at radius 1 is 1.14 bits per heavy atom. The molecule has 1 amide bonds. The molecular formula is C27H28N4O6. The first kappa shape index (κ1) is 24.6. The van der Waals surface area contributed by atoms with Crippen molar-refractivity contribution in [1.82, 2.24) is 4.98 Å². The second kappa shape index (κ2) is 9.10. The van der Waals surface area contributed by atoms with Crippen LogP contribution in [0.3, 0.4) is 0 Å². The molecule has 0 spiro atoms. The number of pyridine rings is 1. The summed E-state index contributed by atoms with van der Waals surface area (Å²) in [5, 5.41) is 14.4. The van der Waals surface area contributed by atoms with Crippen molar-refractivity contribution in [1.29, 1.82) is 0 Å². The van der Waals surface area contributed by atoms with Crippen LogP contribution in [0.1, 0.15) is 34.3 Å². The van der Waals surface area contributed by atoms with Crippen molar-refractivity contribution in [3.05, 3.63) is 47.3 Å². The summed E-state index contributed by atoms with van der Waals surface area (Å²) in [4.78, 5) is 70.6. The number of nitrogens with two attached hydrogens (primary N) is 1. The summed E-state index contributed by atoms with van der Waals surface area (Å²) in [5.74, 6) is -8.69. The van der Waals surface area contributed by atoms with Crippen LogP contribution in [0.15, 0.2) is 30.6 Å². The molecule has 0 bridgehead atoms. The number of phenolic OH excluding ortho intramolecular Hbond substituents is 1. The standard InChI is InChI=1S/C27H28N4O6/c1-31(2)17-8-14(10-30-15-4-3-5-29-11-15)23(33)21-16(17)7-12-6-13-9-18(32)22(27(28)37)26(36)20(13)24(34)19(12)25(21)35/h3-5,8,11-13,19-20,22,30,33H,6-7,9-10H2,1-2H3,(H2,28,37)/t12-,13+,19?,20?,22?/m1/s1. The van der Waals surface area contributed by atoms with Gasteiger partial charge in [-0.25, -0.2) is 0 Å². The molecule has 3 aliphatic carbocycles. The molecule has 2 fully saturated rings. The molecule has 3 unspecified atom stereocenters. The van der Waals surface area contributed by atoms with Crippen LogP contribution in [-0.4, -0.2) is 53.2 Å². The number of primary amides is 1. The largest absolute Gasteiger partial charge is 0.507 e. The molecule has 37 heavy (non-hydrogen) atoms. The highest BCUT2D eigenvalue weighted by molar-refractivity contribution is 6.27. The lowest BCUT2D eigenvalue weighted by atomic mass is 9.56. The summed E-state index contributed by atoms with van der Waals surface area (Å²) in [7, 11) is 3.68. The van der Waals surface area contributed by atoms with Crippen molar-refractivity contribution in [3.8, 4) is 5.75 Å². The number of hydrogen-bond donors (Lipinski definition) is 3. The van der Waals surface area contributed by atoms with Gasteiger partial charge in [0.15, 0.2) is 29.1 Å². The number of carbonyl (C=O) groups excluding carboxylic acids is 5. The summed E-state index contributed by atoms with van der Waals surface area (Å²) >= 11 is 0. The number of rotatable bonds is 5. The van der Waals surface area contributed by atoms with Gasteiger partial charge in [0.1, 0.15) is 5.75 Å². The Bertz CT molecular complexity index is 1340. The van der Waals surface area contributed by atoms with Gasteiger partial charge in [-0.1, -0.05) is 0 Å². The van der Waals surface area contributed by atoms with E-state index in [1.165, 1.54) is 0 Å². The number of amides is 1. The number of phenols is 1. The number of carbonyl (C=O) groups is 5. The molecule has 2 aromatic rings. The Morgan fingerprint density at radius 2 is 1.86 bits per heavy atom. The van der Waals surface area contributed by atoms with Gasteiger partial charge < -0.3 is 21.1 Å². The van der Waals surface area contributed by atoms with Crippen LogP contribution in [-0.2, 0) is 32.1 Å². The molecule has 1 aromatic heterocycles. The van der Waals surface area contributed by atoms with Crippen LogP contribution in [0.25, 0.3) is 0 Å². The van der Waals surface area contributed by atoms with Crippen molar-refractivity contribution in [2.24, 2.45) is 35.3 Å². The third kappa shape index (κ3) is 3.96. The van der Waals surface area contributed by atoms with Crippen LogP contribution in [0, 0.1) is 29.6 Å². The molecule has 2 saturated carbocycles. The molecule has 10 nitrogen and oxygen atoms in total. The Balaban J connectivity index is 1.53. The minimum absolute atomic E-state index is 0.0908. The number of ketones is 4. The predicted octanol–water partition coefficient (Wildman–Crippen LogP) is 1.29. The molecule has 5 atom stereocenters. The SMILES string of the molecule is CN(C)c1cc(CNc2cccnc2)c(O)c2c1C[C@H]1C[C@H]3CC(=O)C(C(N)=O)C(=O)C3C(=O)C1C2=O. The topological polar surface area (TPSA) is 160 Å². The molecule has 4 N–H and O–H groups in total. The summed E-state index contributed by atoms with van der Waals surface area (Å²) < 4.78 is 0.